The molecule has 0 aromatic rings. The van der Waals surface area contributed by atoms with Crippen LogP contribution in [-0.2, 0) is 10.0 Å². The second-order valence-electron chi connectivity index (χ2n) is 4.98. The van der Waals surface area contributed by atoms with E-state index >= 15 is 0 Å². The van der Waals surface area contributed by atoms with Crippen molar-refractivity contribution in [1.29, 1.82) is 0 Å². The van der Waals surface area contributed by atoms with E-state index in [-0.39, 0.29) is 0 Å². The molecule has 0 unspecified atom stereocenters. The molecule has 0 heterocycles. The van der Waals surface area contributed by atoms with Crippen LogP contribution in [0, 0.1) is 0 Å². The minimum absolute atomic E-state index is 0.334. The Morgan fingerprint density at radius 1 is 0.722 bits per heavy atom. The highest BCUT2D eigenvalue weighted by Crippen LogP contribution is 2.10. The molecule has 4 heteroatoms. The van der Waals surface area contributed by atoms with Crippen molar-refractivity contribution < 1.29 is 8.42 Å². The normalized spacial score (nSPS) is 12.2. The predicted octanol–water partition coefficient (Wildman–Crippen LogP) is 3.80. The highest BCUT2D eigenvalue weighted by atomic mass is 32.2. The molecule has 0 N–H and O–H groups in total. The second-order valence-corrected chi connectivity index (χ2v) is 7.07. The van der Waals surface area contributed by atoms with E-state index in [1.165, 1.54) is 12.8 Å². The lowest BCUT2D eigenvalue weighted by Gasteiger charge is -2.21. The van der Waals surface area contributed by atoms with Crippen LogP contribution in [0.4, 0.5) is 0 Å². The van der Waals surface area contributed by atoms with Crippen LogP contribution in [0.25, 0.3) is 0 Å². The van der Waals surface area contributed by atoms with Gasteiger partial charge in [0, 0.05) is 13.1 Å². The third-order valence-corrected chi connectivity index (χ3v) is 5.09. The van der Waals surface area contributed by atoms with Crippen molar-refractivity contribution >= 4 is 10.0 Å². The Morgan fingerprint density at radius 3 is 1.89 bits per heavy atom. The molecule has 0 spiro atoms. The Hall–Kier alpha value is -0.0900. The minimum Gasteiger partial charge on any atom is -0.212 e. The van der Waals surface area contributed by atoms with Crippen molar-refractivity contribution in [3.8, 4) is 0 Å². The fourth-order valence-electron chi connectivity index (χ4n) is 1.99. The Balaban J connectivity index is 4.10. The summed E-state index contributed by atoms with van der Waals surface area (Å²) in [4.78, 5) is 0. The fraction of sp³-hybridized carbons (Fsp3) is 1.00. The molecule has 0 amide bonds. The number of unbranched alkanes of at least 4 members (excludes halogenated alkanes) is 5. The Morgan fingerprint density at radius 2 is 1.33 bits per heavy atom. The van der Waals surface area contributed by atoms with E-state index in [2.05, 4.69) is 13.8 Å². The third kappa shape index (κ3) is 8.09. The maximum Gasteiger partial charge on any atom is 0.214 e. The third-order valence-electron chi connectivity index (χ3n) is 3.13. The summed E-state index contributed by atoms with van der Waals surface area (Å²) in [6.07, 6.45) is 8.35. The van der Waals surface area contributed by atoms with Crippen molar-refractivity contribution in [2.24, 2.45) is 0 Å². The van der Waals surface area contributed by atoms with Gasteiger partial charge >= 0.3 is 0 Å². The van der Waals surface area contributed by atoms with Gasteiger partial charge in [-0.25, -0.2) is 12.7 Å². The van der Waals surface area contributed by atoms with E-state index in [1.54, 1.807) is 4.31 Å². The van der Waals surface area contributed by atoms with E-state index in [9.17, 15) is 8.42 Å². The Labute approximate surface area is 114 Å². The summed E-state index contributed by atoms with van der Waals surface area (Å²) in [5.74, 6) is 0.334. The van der Waals surface area contributed by atoms with E-state index < -0.39 is 10.0 Å². The lowest BCUT2D eigenvalue weighted by atomic mass is 10.2. The fourth-order valence-corrected chi connectivity index (χ4v) is 3.69. The maximum absolute atomic E-state index is 12.2. The van der Waals surface area contributed by atoms with Crippen LogP contribution < -0.4 is 0 Å². The summed E-state index contributed by atoms with van der Waals surface area (Å²) < 4.78 is 26.1. The summed E-state index contributed by atoms with van der Waals surface area (Å²) in [5, 5.41) is 0. The monoisotopic (exact) mass is 277 g/mol. The zero-order valence-electron chi connectivity index (χ0n) is 12.5. The van der Waals surface area contributed by atoms with Crippen LogP contribution in [0.1, 0.15) is 72.1 Å². The van der Waals surface area contributed by atoms with Crippen molar-refractivity contribution in [1.82, 2.24) is 4.31 Å². The van der Waals surface area contributed by atoms with Crippen LogP contribution in [0.15, 0.2) is 0 Å². The van der Waals surface area contributed by atoms with E-state index in [4.69, 9.17) is 0 Å². The van der Waals surface area contributed by atoms with Crippen molar-refractivity contribution in [2.45, 2.75) is 72.1 Å². The largest absolute Gasteiger partial charge is 0.214 e. The average Bonchev–Trinajstić information content (AvgIpc) is 2.34. The minimum atomic E-state index is -3.01. The number of nitrogens with zero attached hydrogens (tertiary/aromatic N) is 1. The molecule has 0 bridgehead atoms. The first-order chi connectivity index (χ1) is 8.58. The molecule has 3 nitrogen and oxygen atoms in total. The standard InChI is InChI=1S/C14H31NO2S/c1-4-7-9-10-11-14-18(16,17)15(12-6-3)13-8-5-2/h4-14H2,1-3H3. The number of rotatable bonds is 12. The van der Waals surface area contributed by atoms with Crippen LogP contribution in [0.3, 0.4) is 0 Å². The quantitative estimate of drug-likeness (QED) is 0.509. The van der Waals surface area contributed by atoms with Gasteiger partial charge in [0.2, 0.25) is 10.0 Å². The second kappa shape index (κ2) is 10.8. The van der Waals surface area contributed by atoms with Gasteiger partial charge in [0.25, 0.3) is 0 Å². The molecule has 0 rings (SSSR count). The van der Waals surface area contributed by atoms with Gasteiger partial charge in [-0.1, -0.05) is 52.9 Å². The molecule has 0 aromatic heterocycles. The topological polar surface area (TPSA) is 37.4 Å². The van der Waals surface area contributed by atoms with E-state index in [0.29, 0.717) is 18.8 Å². The van der Waals surface area contributed by atoms with Crippen LogP contribution >= 0.6 is 0 Å². The van der Waals surface area contributed by atoms with E-state index in [1.807, 2.05) is 6.92 Å². The van der Waals surface area contributed by atoms with Crippen molar-refractivity contribution in [3.63, 3.8) is 0 Å². The first-order valence-corrected chi connectivity index (χ1v) is 9.17. The molecule has 0 saturated carbocycles. The molecule has 0 aromatic carbocycles. The van der Waals surface area contributed by atoms with Crippen LogP contribution in [0.2, 0.25) is 0 Å². The van der Waals surface area contributed by atoms with E-state index in [0.717, 1.165) is 38.5 Å². The van der Waals surface area contributed by atoms with Gasteiger partial charge in [-0.2, -0.15) is 0 Å². The Kier molecular flexibility index (Phi) is 10.7. The summed E-state index contributed by atoms with van der Waals surface area (Å²) in [5.41, 5.74) is 0. The number of hydrogen-bond acceptors (Lipinski definition) is 2. The van der Waals surface area contributed by atoms with Gasteiger partial charge in [0.05, 0.1) is 5.75 Å². The predicted molar refractivity (Wildman–Crippen MR) is 79.3 cm³/mol. The van der Waals surface area contributed by atoms with Gasteiger partial charge in [-0.05, 0) is 19.3 Å². The summed E-state index contributed by atoms with van der Waals surface area (Å²) in [7, 11) is -3.01. The van der Waals surface area contributed by atoms with Gasteiger partial charge in [-0.3, -0.25) is 0 Å². The molecule has 0 aliphatic carbocycles. The summed E-state index contributed by atoms with van der Waals surface area (Å²) >= 11 is 0. The maximum atomic E-state index is 12.2. The molecule has 0 atom stereocenters. The van der Waals surface area contributed by atoms with Crippen LogP contribution in [-0.4, -0.2) is 31.6 Å². The zero-order valence-corrected chi connectivity index (χ0v) is 13.3. The van der Waals surface area contributed by atoms with Gasteiger partial charge < -0.3 is 0 Å². The molecule has 18 heavy (non-hydrogen) atoms. The highest BCUT2D eigenvalue weighted by molar-refractivity contribution is 7.89. The summed E-state index contributed by atoms with van der Waals surface area (Å²) in [6.45, 7) is 7.68. The Bertz CT molecular complexity index is 276. The van der Waals surface area contributed by atoms with Gasteiger partial charge in [-0.15, -0.1) is 0 Å². The van der Waals surface area contributed by atoms with Gasteiger partial charge in [0.15, 0.2) is 0 Å². The molecular weight excluding hydrogens is 246 g/mol. The smallest absolute Gasteiger partial charge is 0.212 e. The van der Waals surface area contributed by atoms with Crippen LogP contribution in [0.5, 0.6) is 0 Å². The zero-order chi connectivity index (χ0) is 13.9. The lowest BCUT2D eigenvalue weighted by Crippen LogP contribution is -2.34. The highest BCUT2D eigenvalue weighted by Gasteiger charge is 2.19. The molecule has 0 aliphatic heterocycles. The first-order valence-electron chi connectivity index (χ1n) is 7.56. The van der Waals surface area contributed by atoms with Crippen molar-refractivity contribution in [2.75, 3.05) is 18.8 Å². The van der Waals surface area contributed by atoms with Crippen molar-refractivity contribution in [3.05, 3.63) is 0 Å². The molecule has 0 aliphatic rings. The molecular formula is C14H31NO2S. The molecule has 0 radical (unpaired) electrons. The molecule has 0 saturated heterocycles. The number of sulfonamides is 1. The van der Waals surface area contributed by atoms with Gasteiger partial charge in [0.1, 0.15) is 0 Å². The summed E-state index contributed by atoms with van der Waals surface area (Å²) in [6, 6.07) is 0. The average molecular weight is 277 g/mol. The number of hydrogen-bond donors (Lipinski definition) is 0. The molecule has 110 valence electrons. The first kappa shape index (κ1) is 17.9. The SMILES string of the molecule is CCCCCCCS(=O)(=O)N(CCC)CCCC. The lowest BCUT2D eigenvalue weighted by molar-refractivity contribution is 0.401. The molecule has 0 fully saturated rings.